The van der Waals surface area contributed by atoms with E-state index < -0.39 is 5.82 Å². The van der Waals surface area contributed by atoms with Gasteiger partial charge in [0, 0.05) is 11.6 Å². The van der Waals surface area contributed by atoms with Crippen LogP contribution in [0.4, 0.5) is 10.2 Å². The molecule has 2 rings (SSSR count). The van der Waals surface area contributed by atoms with Crippen LogP contribution in [0.3, 0.4) is 0 Å². The van der Waals surface area contributed by atoms with E-state index in [0.717, 1.165) is 5.01 Å². The van der Waals surface area contributed by atoms with Gasteiger partial charge < -0.3 is 16.1 Å². The van der Waals surface area contributed by atoms with Crippen LogP contribution in [-0.4, -0.2) is 15.0 Å². The lowest BCUT2D eigenvalue weighted by Gasteiger charge is -2.06. The van der Waals surface area contributed by atoms with Gasteiger partial charge in [-0.05, 0) is 11.6 Å². The molecule has 0 radical (unpaired) electrons. The molecule has 4 N–H and O–H groups in total. The number of hydrogen-bond donors (Lipinski definition) is 3. The molecule has 0 aromatic carbocycles. The highest BCUT2D eigenvalue weighted by atomic mass is 35.5. The summed E-state index contributed by atoms with van der Waals surface area (Å²) in [7, 11) is 0. The van der Waals surface area contributed by atoms with Crippen LogP contribution in [0.25, 0.3) is 0 Å². The highest BCUT2D eigenvalue weighted by Crippen LogP contribution is 2.11. The van der Waals surface area contributed by atoms with Crippen LogP contribution < -0.4 is 16.6 Å². The molecule has 11 heteroatoms. The molecular formula is C8H10Cl3FN6S. The second kappa shape index (κ2) is 8.16. The summed E-state index contributed by atoms with van der Waals surface area (Å²) in [5.74, 6) is 4.38. The van der Waals surface area contributed by atoms with Crippen molar-refractivity contribution in [3.05, 3.63) is 33.2 Å². The van der Waals surface area contributed by atoms with Crippen LogP contribution in [0.5, 0.6) is 0 Å². The molecule has 2 aromatic rings. The number of anilines is 1. The first-order valence-corrected chi connectivity index (χ1v) is 5.78. The molecule has 0 atom stereocenters. The molecule has 0 bridgehead atoms. The molecule has 0 aliphatic rings. The van der Waals surface area contributed by atoms with Crippen LogP contribution in [0, 0.1) is 5.82 Å². The first-order chi connectivity index (χ1) is 8.20. The first kappa shape index (κ1) is 17.9. The number of nitrogens with zero attached hydrogens (tertiary/aromatic N) is 3. The number of rotatable bonds is 3. The van der Waals surface area contributed by atoms with E-state index in [4.69, 9.17) is 17.4 Å². The number of H-pyrrole nitrogens is 1. The highest BCUT2D eigenvalue weighted by molar-refractivity contribution is 7.09. The Balaban J connectivity index is 0.00000162. The van der Waals surface area contributed by atoms with Gasteiger partial charge in [-0.2, -0.15) is 14.5 Å². The van der Waals surface area contributed by atoms with E-state index in [0.29, 0.717) is 6.54 Å². The topological polar surface area (TPSA) is 92.0 Å². The van der Waals surface area contributed by atoms with Crippen LogP contribution in [0.1, 0.15) is 5.01 Å². The minimum Gasteiger partial charge on any atom is -0.362 e. The SMILES string of the molecule is Cl.Cl.N/N=c1\nc(Cl)[nH]c(NCc2nccs2)c1F. The van der Waals surface area contributed by atoms with Gasteiger partial charge in [-0.15, -0.1) is 36.2 Å². The van der Waals surface area contributed by atoms with Crippen molar-refractivity contribution in [1.82, 2.24) is 15.0 Å². The van der Waals surface area contributed by atoms with E-state index in [1.165, 1.54) is 11.3 Å². The standard InChI is InChI=1S/C8H8ClFN6S.2ClH/c9-8-14-6(5(10)7(15-8)16-11)13-3-4-12-1-2-17-4;;/h1-2H,3,11H2,(H2,13,14,15,16);2*1H. The van der Waals surface area contributed by atoms with Crippen molar-refractivity contribution in [2.24, 2.45) is 10.9 Å². The van der Waals surface area contributed by atoms with Crippen molar-refractivity contribution in [3.63, 3.8) is 0 Å². The Morgan fingerprint density at radius 2 is 2.26 bits per heavy atom. The lowest BCUT2D eigenvalue weighted by Crippen LogP contribution is -2.20. The van der Waals surface area contributed by atoms with E-state index in [-0.39, 0.29) is 41.4 Å². The lowest BCUT2D eigenvalue weighted by molar-refractivity contribution is 0.594. The third-order valence-corrected chi connectivity index (χ3v) is 2.83. The molecule has 0 saturated heterocycles. The van der Waals surface area contributed by atoms with Gasteiger partial charge >= 0.3 is 0 Å². The fourth-order valence-electron chi connectivity index (χ4n) is 1.15. The monoisotopic (exact) mass is 346 g/mol. The number of nitrogens with two attached hydrogens (primary N) is 1. The molecule has 19 heavy (non-hydrogen) atoms. The van der Waals surface area contributed by atoms with Gasteiger partial charge in [0.1, 0.15) is 10.8 Å². The van der Waals surface area contributed by atoms with Gasteiger partial charge in [0.05, 0.1) is 6.54 Å². The summed E-state index contributed by atoms with van der Waals surface area (Å²) in [6, 6.07) is 0. The fraction of sp³-hybridized carbons (Fsp3) is 0.125. The van der Waals surface area contributed by atoms with Gasteiger partial charge in [0.15, 0.2) is 0 Å². The number of hydrogen-bond acceptors (Lipinski definition) is 6. The Labute approximate surface area is 129 Å². The molecule has 0 amide bonds. The predicted octanol–water partition coefficient (Wildman–Crippen LogP) is 1.89. The zero-order valence-electron chi connectivity index (χ0n) is 9.26. The Bertz CT molecular complexity index is 572. The molecule has 0 aliphatic heterocycles. The molecule has 2 aromatic heterocycles. The van der Waals surface area contributed by atoms with Crippen molar-refractivity contribution in [2.45, 2.75) is 6.54 Å². The summed E-state index contributed by atoms with van der Waals surface area (Å²) in [6.45, 7) is 0.370. The molecule has 0 aliphatic carbocycles. The quantitative estimate of drug-likeness (QED) is 0.449. The normalized spacial score (nSPS) is 10.5. The summed E-state index contributed by atoms with van der Waals surface area (Å²) in [5, 5.41) is 8.65. The van der Waals surface area contributed by atoms with E-state index in [9.17, 15) is 4.39 Å². The summed E-state index contributed by atoms with van der Waals surface area (Å²) >= 11 is 7.11. The number of nitrogens with one attached hydrogen (secondary N) is 2. The maximum absolute atomic E-state index is 13.7. The van der Waals surface area contributed by atoms with Gasteiger partial charge in [-0.3, -0.25) is 0 Å². The Morgan fingerprint density at radius 1 is 1.53 bits per heavy atom. The molecule has 2 heterocycles. The summed E-state index contributed by atoms with van der Waals surface area (Å²) in [4.78, 5) is 10.2. The minimum atomic E-state index is -0.687. The fourth-order valence-corrected chi connectivity index (χ4v) is 1.88. The van der Waals surface area contributed by atoms with E-state index in [1.54, 1.807) is 6.20 Å². The van der Waals surface area contributed by atoms with Crippen LogP contribution in [-0.2, 0) is 6.54 Å². The Kier molecular flexibility index (Phi) is 7.69. The molecule has 0 fully saturated rings. The molecule has 0 unspecified atom stereocenters. The zero-order valence-corrected chi connectivity index (χ0v) is 12.5. The number of thiazole rings is 1. The molecule has 106 valence electrons. The Hall–Kier alpha value is -1.09. The van der Waals surface area contributed by atoms with Crippen molar-refractivity contribution in [1.29, 1.82) is 0 Å². The number of halogens is 4. The van der Waals surface area contributed by atoms with Gasteiger partial charge in [-0.25, -0.2) is 4.98 Å². The van der Waals surface area contributed by atoms with E-state index >= 15 is 0 Å². The van der Waals surface area contributed by atoms with Gasteiger partial charge in [0.2, 0.25) is 16.6 Å². The second-order valence-electron chi connectivity index (χ2n) is 2.95. The summed E-state index contributed by atoms with van der Waals surface area (Å²) < 4.78 is 13.7. The maximum Gasteiger partial charge on any atom is 0.214 e. The van der Waals surface area contributed by atoms with Gasteiger partial charge in [-0.1, -0.05) is 0 Å². The number of aromatic amines is 1. The van der Waals surface area contributed by atoms with Gasteiger partial charge in [0.25, 0.3) is 0 Å². The van der Waals surface area contributed by atoms with Crippen molar-refractivity contribution >= 4 is 53.6 Å². The van der Waals surface area contributed by atoms with Crippen LogP contribution in [0.15, 0.2) is 16.7 Å². The highest BCUT2D eigenvalue weighted by Gasteiger charge is 2.08. The summed E-state index contributed by atoms with van der Waals surface area (Å²) in [6.07, 6.45) is 1.67. The lowest BCUT2D eigenvalue weighted by atomic mass is 10.5. The van der Waals surface area contributed by atoms with Crippen LogP contribution >= 0.6 is 47.8 Å². The van der Waals surface area contributed by atoms with Crippen molar-refractivity contribution < 1.29 is 4.39 Å². The minimum absolute atomic E-state index is 0. The largest absolute Gasteiger partial charge is 0.362 e. The predicted molar refractivity (Wildman–Crippen MR) is 77.2 cm³/mol. The second-order valence-corrected chi connectivity index (χ2v) is 4.29. The maximum atomic E-state index is 13.7. The van der Waals surface area contributed by atoms with Crippen LogP contribution in [0.2, 0.25) is 5.28 Å². The Morgan fingerprint density at radius 3 is 2.84 bits per heavy atom. The molecule has 0 saturated carbocycles. The molecule has 0 spiro atoms. The smallest absolute Gasteiger partial charge is 0.214 e. The summed E-state index contributed by atoms with van der Waals surface area (Å²) in [5.41, 5.74) is -0.254. The number of aromatic nitrogens is 3. The van der Waals surface area contributed by atoms with Crippen molar-refractivity contribution in [3.8, 4) is 0 Å². The average molecular weight is 348 g/mol. The van der Waals surface area contributed by atoms with Crippen molar-refractivity contribution in [2.75, 3.05) is 5.32 Å². The molecular weight excluding hydrogens is 338 g/mol. The molecule has 6 nitrogen and oxygen atoms in total. The zero-order chi connectivity index (χ0) is 12.3. The average Bonchev–Trinajstić information content (AvgIpc) is 2.82. The third kappa shape index (κ3) is 4.50. The first-order valence-electron chi connectivity index (χ1n) is 4.52. The van der Waals surface area contributed by atoms with E-state index in [2.05, 4.69) is 25.4 Å². The van der Waals surface area contributed by atoms with E-state index in [1.807, 2.05) is 5.38 Å². The third-order valence-electron chi connectivity index (χ3n) is 1.87.